The molecule has 1 aromatic carbocycles. The van der Waals surface area contributed by atoms with Crippen LogP contribution in [0.4, 0.5) is 17.6 Å². The third kappa shape index (κ3) is 2.90. The van der Waals surface area contributed by atoms with Gasteiger partial charge in [-0.2, -0.15) is 13.2 Å². The van der Waals surface area contributed by atoms with Gasteiger partial charge in [0.15, 0.2) is 0 Å². The van der Waals surface area contributed by atoms with Gasteiger partial charge in [0.05, 0.1) is 6.61 Å². The van der Waals surface area contributed by atoms with Crippen molar-refractivity contribution in [3.05, 3.63) is 53.6 Å². The van der Waals surface area contributed by atoms with Crippen molar-refractivity contribution in [3.8, 4) is 11.1 Å². The van der Waals surface area contributed by atoms with Crippen LogP contribution in [0.15, 0.2) is 36.5 Å². The fourth-order valence-corrected chi connectivity index (χ4v) is 1.68. The minimum absolute atomic E-state index is 0.316. The monoisotopic (exact) mass is 271 g/mol. The van der Waals surface area contributed by atoms with Crippen LogP contribution in [0, 0.1) is 5.82 Å². The average molecular weight is 271 g/mol. The van der Waals surface area contributed by atoms with E-state index in [0.717, 1.165) is 18.3 Å². The molecular weight excluding hydrogens is 262 g/mol. The van der Waals surface area contributed by atoms with Gasteiger partial charge in [0, 0.05) is 11.8 Å². The molecule has 0 fully saturated rings. The summed E-state index contributed by atoms with van der Waals surface area (Å²) < 4.78 is 50.3. The van der Waals surface area contributed by atoms with Gasteiger partial charge in [-0.05, 0) is 29.3 Å². The first-order valence-corrected chi connectivity index (χ1v) is 5.34. The maximum atomic E-state index is 13.2. The summed E-state index contributed by atoms with van der Waals surface area (Å²) in [5.41, 5.74) is 0.0430. The average Bonchev–Trinajstić information content (AvgIpc) is 2.38. The number of halogens is 4. The van der Waals surface area contributed by atoms with Gasteiger partial charge in [-0.3, -0.25) is 4.98 Å². The predicted molar refractivity (Wildman–Crippen MR) is 60.6 cm³/mol. The first-order chi connectivity index (χ1) is 8.91. The van der Waals surface area contributed by atoms with Crippen molar-refractivity contribution < 1.29 is 22.7 Å². The van der Waals surface area contributed by atoms with Crippen molar-refractivity contribution in [2.75, 3.05) is 0 Å². The molecule has 0 bridgehead atoms. The van der Waals surface area contributed by atoms with E-state index in [1.54, 1.807) is 0 Å². The highest BCUT2D eigenvalue weighted by molar-refractivity contribution is 5.66. The number of rotatable bonds is 2. The molecule has 2 rings (SSSR count). The summed E-state index contributed by atoms with van der Waals surface area (Å²) in [5, 5.41) is 9.13. The fraction of sp³-hybridized carbons (Fsp3) is 0.154. The van der Waals surface area contributed by atoms with E-state index in [4.69, 9.17) is 5.11 Å². The molecule has 0 spiro atoms. The van der Waals surface area contributed by atoms with Crippen LogP contribution in [0.3, 0.4) is 0 Å². The Balaban J connectivity index is 2.45. The number of aliphatic hydroxyl groups is 1. The second kappa shape index (κ2) is 4.97. The second-order valence-electron chi connectivity index (χ2n) is 3.89. The Labute approximate surface area is 106 Å². The van der Waals surface area contributed by atoms with Crippen LogP contribution in [-0.4, -0.2) is 10.1 Å². The summed E-state index contributed by atoms with van der Waals surface area (Å²) in [4.78, 5) is 3.30. The molecular formula is C13H9F4NO. The summed E-state index contributed by atoms with van der Waals surface area (Å²) in [6.07, 6.45) is -3.50. The summed E-state index contributed by atoms with van der Waals surface area (Å²) in [7, 11) is 0. The molecule has 19 heavy (non-hydrogen) atoms. The third-order valence-corrected chi connectivity index (χ3v) is 2.61. The Morgan fingerprint density at radius 1 is 1.11 bits per heavy atom. The minimum Gasteiger partial charge on any atom is -0.392 e. The van der Waals surface area contributed by atoms with Crippen LogP contribution >= 0.6 is 0 Å². The molecule has 0 aliphatic heterocycles. The van der Waals surface area contributed by atoms with Gasteiger partial charge in [0.2, 0.25) is 0 Å². The largest absolute Gasteiger partial charge is 0.433 e. The standard InChI is InChI=1S/C13H9F4NO/c14-10-3-1-9(7-19)11(5-10)8-2-4-12(18-6-8)13(15,16)17/h1-6,19H,7H2. The van der Waals surface area contributed by atoms with Gasteiger partial charge < -0.3 is 5.11 Å². The number of benzene rings is 1. The van der Waals surface area contributed by atoms with Gasteiger partial charge in [-0.15, -0.1) is 0 Å². The molecule has 0 saturated heterocycles. The van der Waals surface area contributed by atoms with Gasteiger partial charge in [-0.1, -0.05) is 12.1 Å². The van der Waals surface area contributed by atoms with E-state index in [0.29, 0.717) is 16.7 Å². The summed E-state index contributed by atoms with van der Waals surface area (Å²) in [5.74, 6) is -0.535. The Bertz CT molecular complexity index is 578. The Morgan fingerprint density at radius 2 is 1.84 bits per heavy atom. The Kier molecular flexibility index (Phi) is 3.53. The number of aromatic nitrogens is 1. The number of alkyl halides is 3. The third-order valence-electron chi connectivity index (χ3n) is 2.61. The van der Waals surface area contributed by atoms with E-state index in [1.807, 2.05) is 0 Å². The number of hydrogen-bond donors (Lipinski definition) is 1. The second-order valence-corrected chi connectivity index (χ2v) is 3.89. The molecule has 1 heterocycles. The number of aliphatic hydroxyl groups excluding tert-OH is 1. The summed E-state index contributed by atoms with van der Waals surface area (Å²) >= 11 is 0. The van der Waals surface area contributed by atoms with Crippen molar-refractivity contribution >= 4 is 0 Å². The smallest absolute Gasteiger partial charge is 0.392 e. The van der Waals surface area contributed by atoms with Crippen molar-refractivity contribution in [3.63, 3.8) is 0 Å². The van der Waals surface area contributed by atoms with Crippen molar-refractivity contribution in [2.45, 2.75) is 12.8 Å². The van der Waals surface area contributed by atoms with Gasteiger partial charge in [-0.25, -0.2) is 4.39 Å². The van der Waals surface area contributed by atoms with Crippen LogP contribution in [0.5, 0.6) is 0 Å². The topological polar surface area (TPSA) is 33.1 Å². The normalized spacial score (nSPS) is 11.6. The van der Waals surface area contributed by atoms with E-state index in [9.17, 15) is 17.6 Å². The Hall–Kier alpha value is -1.95. The van der Waals surface area contributed by atoms with E-state index >= 15 is 0 Å². The predicted octanol–water partition coefficient (Wildman–Crippen LogP) is 3.40. The highest BCUT2D eigenvalue weighted by atomic mass is 19.4. The quantitative estimate of drug-likeness (QED) is 0.849. The van der Waals surface area contributed by atoms with Gasteiger partial charge in [0.25, 0.3) is 0 Å². The lowest BCUT2D eigenvalue weighted by Crippen LogP contribution is -2.07. The molecule has 2 aromatic rings. The molecule has 0 aliphatic carbocycles. The molecule has 6 heteroatoms. The zero-order chi connectivity index (χ0) is 14.0. The van der Waals surface area contributed by atoms with Crippen molar-refractivity contribution in [1.29, 1.82) is 0 Å². The van der Waals surface area contributed by atoms with Crippen LogP contribution < -0.4 is 0 Å². The summed E-state index contributed by atoms with van der Waals surface area (Å²) in [6.45, 7) is -0.337. The van der Waals surface area contributed by atoms with Crippen LogP contribution in [0.1, 0.15) is 11.3 Å². The first kappa shape index (κ1) is 13.5. The number of hydrogen-bond acceptors (Lipinski definition) is 2. The molecule has 0 amide bonds. The molecule has 0 unspecified atom stereocenters. The lowest BCUT2D eigenvalue weighted by atomic mass is 10.0. The number of nitrogens with zero attached hydrogens (tertiary/aromatic N) is 1. The lowest BCUT2D eigenvalue weighted by molar-refractivity contribution is -0.141. The molecule has 0 saturated carbocycles. The highest BCUT2D eigenvalue weighted by Crippen LogP contribution is 2.30. The highest BCUT2D eigenvalue weighted by Gasteiger charge is 2.32. The Morgan fingerprint density at radius 3 is 2.37 bits per heavy atom. The van der Waals surface area contributed by atoms with Gasteiger partial charge >= 0.3 is 6.18 Å². The van der Waals surface area contributed by atoms with Crippen LogP contribution in [0.25, 0.3) is 11.1 Å². The molecule has 2 nitrogen and oxygen atoms in total. The maximum absolute atomic E-state index is 13.2. The SMILES string of the molecule is OCc1ccc(F)cc1-c1ccc(C(F)(F)F)nc1. The zero-order valence-electron chi connectivity index (χ0n) is 9.58. The molecule has 0 radical (unpaired) electrons. The fourth-order valence-electron chi connectivity index (χ4n) is 1.68. The zero-order valence-corrected chi connectivity index (χ0v) is 9.58. The maximum Gasteiger partial charge on any atom is 0.433 e. The lowest BCUT2D eigenvalue weighted by Gasteiger charge is -2.09. The molecule has 1 N–H and O–H groups in total. The summed E-state index contributed by atoms with van der Waals surface area (Å²) in [6, 6.07) is 5.72. The number of pyridine rings is 1. The molecule has 0 atom stereocenters. The molecule has 1 aromatic heterocycles. The molecule has 100 valence electrons. The van der Waals surface area contributed by atoms with Crippen LogP contribution in [-0.2, 0) is 12.8 Å². The first-order valence-electron chi connectivity index (χ1n) is 5.34. The minimum atomic E-state index is -4.51. The van der Waals surface area contributed by atoms with Crippen molar-refractivity contribution in [2.24, 2.45) is 0 Å². The van der Waals surface area contributed by atoms with E-state index in [1.165, 1.54) is 18.2 Å². The van der Waals surface area contributed by atoms with E-state index < -0.39 is 17.7 Å². The van der Waals surface area contributed by atoms with Gasteiger partial charge in [0.1, 0.15) is 11.5 Å². The molecule has 0 aliphatic rings. The van der Waals surface area contributed by atoms with E-state index in [2.05, 4.69) is 4.98 Å². The van der Waals surface area contributed by atoms with Crippen LogP contribution in [0.2, 0.25) is 0 Å². The van der Waals surface area contributed by atoms with E-state index in [-0.39, 0.29) is 6.61 Å². The van der Waals surface area contributed by atoms with Crippen molar-refractivity contribution in [1.82, 2.24) is 4.98 Å².